The molecule has 0 spiro atoms. The molecule has 3 heterocycles. The van der Waals surface area contributed by atoms with E-state index in [0.29, 0.717) is 36.3 Å². The molecule has 7 nitrogen and oxygen atoms in total. The molecule has 0 radical (unpaired) electrons. The van der Waals surface area contributed by atoms with Crippen LogP contribution in [0.2, 0.25) is 0 Å². The van der Waals surface area contributed by atoms with Crippen LogP contribution in [0.25, 0.3) is 11.0 Å². The van der Waals surface area contributed by atoms with E-state index in [9.17, 15) is 14.7 Å². The van der Waals surface area contributed by atoms with Crippen LogP contribution in [-0.4, -0.2) is 66.8 Å². The lowest BCUT2D eigenvalue weighted by Crippen LogP contribution is -2.52. The number of phenolic OH excluding ortho intramolecular Hbond substituents is 1. The van der Waals surface area contributed by atoms with Gasteiger partial charge in [-0.05, 0) is 75.7 Å². The van der Waals surface area contributed by atoms with Crippen LogP contribution < -0.4 is 5.63 Å². The zero-order valence-electron chi connectivity index (χ0n) is 19.8. The Kier molecular flexibility index (Phi) is 7.71. The van der Waals surface area contributed by atoms with E-state index in [1.807, 2.05) is 11.8 Å². The zero-order valence-corrected chi connectivity index (χ0v) is 19.8. The fourth-order valence-corrected chi connectivity index (χ4v) is 5.64. The first kappa shape index (κ1) is 23.8. The highest BCUT2D eigenvalue weighted by Gasteiger charge is 2.34. The second kappa shape index (κ2) is 10.7. The van der Waals surface area contributed by atoms with E-state index in [1.165, 1.54) is 44.8 Å². The summed E-state index contributed by atoms with van der Waals surface area (Å²) in [5, 5.41) is 10.4. The number of amides is 1. The summed E-state index contributed by atoms with van der Waals surface area (Å²) in [5.74, 6) is 0.484. The Hall–Kier alpha value is -2.38. The van der Waals surface area contributed by atoms with Crippen molar-refractivity contribution in [3.05, 3.63) is 39.7 Å². The third kappa shape index (κ3) is 5.41. The Morgan fingerprint density at radius 1 is 1.24 bits per heavy atom. The third-order valence-electron chi connectivity index (χ3n) is 7.41. The molecule has 7 heteroatoms. The van der Waals surface area contributed by atoms with E-state index >= 15 is 0 Å². The van der Waals surface area contributed by atoms with Gasteiger partial charge in [-0.15, -0.1) is 0 Å². The summed E-state index contributed by atoms with van der Waals surface area (Å²) in [4.78, 5) is 30.8. The topological polar surface area (TPSA) is 83.2 Å². The SMILES string of the molecule is COCCCN(C[C@@H]1CCCN2CCCC[C@H]12)C(=O)Cc1c(C)c2ccc(O)cc2oc1=O. The van der Waals surface area contributed by atoms with Gasteiger partial charge in [0.15, 0.2) is 0 Å². The minimum Gasteiger partial charge on any atom is -0.508 e. The maximum atomic E-state index is 13.5. The Morgan fingerprint density at radius 3 is 2.88 bits per heavy atom. The van der Waals surface area contributed by atoms with Gasteiger partial charge < -0.3 is 24.1 Å². The second-order valence-electron chi connectivity index (χ2n) is 9.54. The molecule has 0 saturated carbocycles. The number of benzene rings is 1. The van der Waals surface area contributed by atoms with Crippen molar-refractivity contribution in [3.63, 3.8) is 0 Å². The summed E-state index contributed by atoms with van der Waals surface area (Å²) in [7, 11) is 1.68. The maximum Gasteiger partial charge on any atom is 0.340 e. The Balaban J connectivity index is 1.54. The van der Waals surface area contributed by atoms with Crippen molar-refractivity contribution in [2.24, 2.45) is 5.92 Å². The molecule has 1 aromatic heterocycles. The van der Waals surface area contributed by atoms with Gasteiger partial charge >= 0.3 is 5.63 Å². The molecule has 2 atom stereocenters. The van der Waals surface area contributed by atoms with Crippen molar-refractivity contribution in [2.75, 3.05) is 39.9 Å². The van der Waals surface area contributed by atoms with Gasteiger partial charge in [0.25, 0.3) is 0 Å². The average Bonchev–Trinajstić information content (AvgIpc) is 2.81. The predicted octanol–water partition coefficient (Wildman–Crippen LogP) is 3.48. The quantitative estimate of drug-likeness (QED) is 0.484. The van der Waals surface area contributed by atoms with Crippen LogP contribution in [0.3, 0.4) is 0 Å². The number of ether oxygens (including phenoxy) is 1. The number of aryl methyl sites for hydroxylation is 1. The van der Waals surface area contributed by atoms with Crippen LogP contribution in [0.4, 0.5) is 0 Å². The molecule has 2 aromatic rings. The summed E-state index contributed by atoms with van der Waals surface area (Å²) in [6, 6.07) is 5.29. The van der Waals surface area contributed by atoms with Crippen molar-refractivity contribution < 1.29 is 19.1 Å². The maximum absolute atomic E-state index is 13.5. The molecule has 4 rings (SSSR count). The lowest BCUT2D eigenvalue weighted by atomic mass is 9.83. The van der Waals surface area contributed by atoms with Gasteiger partial charge in [-0.1, -0.05) is 6.42 Å². The van der Waals surface area contributed by atoms with Crippen LogP contribution >= 0.6 is 0 Å². The highest BCUT2D eigenvalue weighted by molar-refractivity contribution is 5.85. The number of piperidine rings is 2. The van der Waals surface area contributed by atoms with Crippen LogP contribution in [0.5, 0.6) is 5.75 Å². The Labute approximate surface area is 195 Å². The third-order valence-corrected chi connectivity index (χ3v) is 7.41. The van der Waals surface area contributed by atoms with E-state index in [0.717, 1.165) is 30.3 Å². The highest BCUT2D eigenvalue weighted by Crippen LogP contribution is 2.32. The van der Waals surface area contributed by atoms with Crippen molar-refractivity contribution in [3.8, 4) is 5.75 Å². The number of methoxy groups -OCH3 is 1. The molecule has 2 saturated heterocycles. The second-order valence-corrected chi connectivity index (χ2v) is 9.54. The summed E-state index contributed by atoms with van der Waals surface area (Å²) in [6.07, 6.45) is 6.88. The molecular formula is C26H36N2O5. The van der Waals surface area contributed by atoms with Gasteiger partial charge in [0.2, 0.25) is 5.91 Å². The summed E-state index contributed by atoms with van der Waals surface area (Å²) in [6.45, 7) is 6.15. The normalized spacial score (nSPS) is 21.2. The summed E-state index contributed by atoms with van der Waals surface area (Å²) < 4.78 is 10.7. The standard InChI is InChI=1S/C26H36N2O5/c1-18-21-10-9-20(29)15-24(21)33-26(31)22(18)16-25(30)28(13-6-14-32-2)17-19-7-5-12-27-11-4-3-8-23(19)27/h9-10,15,19,23,29H,3-8,11-14,16-17H2,1-2H3/t19-,23+/m0/s1. The molecule has 2 aliphatic heterocycles. The molecule has 2 fully saturated rings. The largest absolute Gasteiger partial charge is 0.508 e. The number of fused-ring (bicyclic) bond motifs is 2. The van der Waals surface area contributed by atoms with E-state index in [-0.39, 0.29) is 18.1 Å². The summed E-state index contributed by atoms with van der Waals surface area (Å²) >= 11 is 0. The van der Waals surface area contributed by atoms with Gasteiger partial charge in [-0.2, -0.15) is 0 Å². The van der Waals surface area contributed by atoms with Gasteiger partial charge in [0.1, 0.15) is 11.3 Å². The number of hydrogen-bond donors (Lipinski definition) is 1. The Bertz CT molecular complexity index is 1030. The van der Waals surface area contributed by atoms with Crippen molar-refractivity contribution in [2.45, 2.75) is 57.9 Å². The van der Waals surface area contributed by atoms with Gasteiger partial charge in [-0.25, -0.2) is 4.79 Å². The number of carbonyl (C=O) groups excluding carboxylic acids is 1. The smallest absolute Gasteiger partial charge is 0.340 e. The van der Waals surface area contributed by atoms with Gasteiger partial charge in [0, 0.05) is 44.3 Å². The van der Waals surface area contributed by atoms with Crippen LogP contribution in [0, 0.1) is 12.8 Å². The highest BCUT2D eigenvalue weighted by atomic mass is 16.5. The number of hydrogen-bond acceptors (Lipinski definition) is 6. The van der Waals surface area contributed by atoms with Crippen LogP contribution in [-0.2, 0) is 16.0 Å². The first-order valence-corrected chi connectivity index (χ1v) is 12.2. The zero-order chi connectivity index (χ0) is 23.4. The number of phenols is 1. The fourth-order valence-electron chi connectivity index (χ4n) is 5.64. The number of carbonyl (C=O) groups is 1. The van der Waals surface area contributed by atoms with E-state index < -0.39 is 5.63 Å². The van der Waals surface area contributed by atoms with Gasteiger partial charge in [0.05, 0.1) is 12.0 Å². The van der Waals surface area contributed by atoms with Crippen molar-refractivity contribution >= 4 is 16.9 Å². The summed E-state index contributed by atoms with van der Waals surface area (Å²) in [5.41, 5.74) is 0.970. The minimum absolute atomic E-state index is 0.0269. The first-order chi connectivity index (χ1) is 16.0. The Morgan fingerprint density at radius 2 is 2.06 bits per heavy atom. The molecule has 2 aliphatic rings. The molecule has 1 N–H and O–H groups in total. The molecule has 0 unspecified atom stereocenters. The lowest BCUT2D eigenvalue weighted by molar-refractivity contribution is -0.132. The monoisotopic (exact) mass is 456 g/mol. The molecule has 1 amide bonds. The number of nitrogens with zero attached hydrogens (tertiary/aromatic N) is 2. The molecule has 33 heavy (non-hydrogen) atoms. The first-order valence-electron chi connectivity index (χ1n) is 12.2. The van der Waals surface area contributed by atoms with E-state index in [2.05, 4.69) is 4.90 Å². The predicted molar refractivity (Wildman–Crippen MR) is 128 cm³/mol. The van der Waals surface area contributed by atoms with Crippen LogP contribution in [0.15, 0.2) is 27.4 Å². The van der Waals surface area contributed by atoms with E-state index in [1.54, 1.807) is 19.2 Å². The van der Waals surface area contributed by atoms with E-state index in [4.69, 9.17) is 9.15 Å². The molecule has 0 bridgehead atoms. The number of rotatable bonds is 8. The fraction of sp³-hybridized carbons (Fsp3) is 0.615. The minimum atomic E-state index is -0.507. The molecular weight excluding hydrogens is 420 g/mol. The molecule has 180 valence electrons. The molecule has 0 aliphatic carbocycles. The average molecular weight is 457 g/mol. The lowest BCUT2D eigenvalue weighted by Gasteiger charge is -2.45. The van der Waals surface area contributed by atoms with Crippen LogP contribution in [0.1, 0.15) is 49.7 Å². The van der Waals surface area contributed by atoms with Gasteiger partial charge in [-0.3, -0.25) is 4.79 Å². The number of aromatic hydroxyl groups is 1. The van der Waals surface area contributed by atoms with Crippen molar-refractivity contribution in [1.82, 2.24) is 9.80 Å². The molecule has 1 aromatic carbocycles. The van der Waals surface area contributed by atoms with Crippen molar-refractivity contribution in [1.29, 1.82) is 0 Å².